The SMILES string of the molecule is COc1ccc2cc(C(=O)N3CCCC3)[nH]c2c1. The summed E-state index contributed by atoms with van der Waals surface area (Å²) in [5.74, 6) is 0.896. The van der Waals surface area contributed by atoms with E-state index in [4.69, 9.17) is 4.74 Å². The predicted molar refractivity (Wildman–Crippen MR) is 70.0 cm³/mol. The fraction of sp³-hybridized carbons (Fsp3) is 0.357. The molecule has 1 N–H and O–H groups in total. The van der Waals surface area contributed by atoms with E-state index in [2.05, 4.69) is 4.98 Å². The highest BCUT2D eigenvalue weighted by molar-refractivity contribution is 5.98. The third-order valence-corrected chi connectivity index (χ3v) is 3.45. The minimum Gasteiger partial charge on any atom is -0.497 e. The summed E-state index contributed by atoms with van der Waals surface area (Å²) in [4.78, 5) is 17.3. The molecule has 4 heteroatoms. The molecule has 0 aliphatic carbocycles. The third kappa shape index (κ3) is 1.83. The highest BCUT2D eigenvalue weighted by Crippen LogP contribution is 2.22. The van der Waals surface area contributed by atoms with E-state index in [0.717, 1.165) is 42.6 Å². The van der Waals surface area contributed by atoms with E-state index in [1.165, 1.54) is 0 Å². The van der Waals surface area contributed by atoms with Gasteiger partial charge in [0, 0.05) is 30.1 Å². The van der Waals surface area contributed by atoms with E-state index in [0.29, 0.717) is 5.69 Å². The van der Waals surface area contributed by atoms with Gasteiger partial charge in [-0.2, -0.15) is 0 Å². The first kappa shape index (κ1) is 11.1. The van der Waals surface area contributed by atoms with Crippen LogP contribution in [0.15, 0.2) is 24.3 Å². The first-order chi connectivity index (χ1) is 8.78. The summed E-state index contributed by atoms with van der Waals surface area (Å²) >= 11 is 0. The Labute approximate surface area is 106 Å². The van der Waals surface area contributed by atoms with Crippen molar-refractivity contribution >= 4 is 16.8 Å². The third-order valence-electron chi connectivity index (χ3n) is 3.45. The Morgan fingerprint density at radius 1 is 1.28 bits per heavy atom. The molecule has 0 bridgehead atoms. The Hall–Kier alpha value is -1.97. The molecule has 0 atom stereocenters. The lowest BCUT2D eigenvalue weighted by molar-refractivity contribution is 0.0788. The summed E-state index contributed by atoms with van der Waals surface area (Å²) in [5.41, 5.74) is 1.61. The Morgan fingerprint density at radius 2 is 2.06 bits per heavy atom. The molecule has 94 valence electrons. The van der Waals surface area contributed by atoms with Crippen molar-refractivity contribution in [3.63, 3.8) is 0 Å². The quantitative estimate of drug-likeness (QED) is 0.881. The summed E-state index contributed by atoms with van der Waals surface area (Å²) in [5, 5.41) is 1.04. The molecule has 1 fully saturated rings. The zero-order valence-corrected chi connectivity index (χ0v) is 10.4. The van der Waals surface area contributed by atoms with Crippen LogP contribution in [0.25, 0.3) is 10.9 Å². The number of methoxy groups -OCH3 is 1. The number of carbonyl (C=O) groups excluding carboxylic acids is 1. The lowest BCUT2D eigenvalue weighted by Gasteiger charge is -2.13. The Kier molecular flexibility index (Phi) is 2.70. The standard InChI is InChI=1S/C14H16N2O2/c1-18-11-5-4-10-8-13(15-12(10)9-11)14(17)16-6-2-3-7-16/h4-5,8-9,15H,2-3,6-7H2,1H3. The van der Waals surface area contributed by atoms with E-state index in [-0.39, 0.29) is 5.91 Å². The van der Waals surface area contributed by atoms with Crippen LogP contribution in [0.2, 0.25) is 0 Å². The molecule has 1 aliphatic rings. The van der Waals surface area contributed by atoms with Crippen molar-refractivity contribution in [2.75, 3.05) is 20.2 Å². The lowest BCUT2D eigenvalue weighted by Crippen LogP contribution is -2.27. The molecule has 3 rings (SSSR count). The predicted octanol–water partition coefficient (Wildman–Crippen LogP) is 2.41. The second kappa shape index (κ2) is 4.37. The van der Waals surface area contributed by atoms with Crippen molar-refractivity contribution < 1.29 is 9.53 Å². The van der Waals surface area contributed by atoms with Crippen LogP contribution in [-0.2, 0) is 0 Å². The van der Waals surface area contributed by atoms with Gasteiger partial charge in [-0.25, -0.2) is 0 Å². The van der Waals surface area contributed by atoms with Gasteiger partial charge in [-0.15, -0.1) is 0 Å². The molecule has 1 amide bonds. The topological polar surface area (TPSA) is 45.3 Å². The fourth-order valence-electron chi connectivity index (χ4n) is 2.44. The molecule has 0 radical (unpaired) electrons. The molecular formula is C14H16N2O2. The number of rotatable bonds is 2. The van der Waals surface area contributed by atoms with E-state index in [9.17, 15) is 4.79 Å². The monoisotopic (exact) mass is 244 g/mol. The highest BCUT2D eigenvalue weighted by Gasteiger charge is 2.20. The molecule has 1 aromatic heterocycles. The molecule has 0 saturated carbocycles. The van der Waals surface area contributed by atoms with E-state index in [1.54, 1.807) is 7.11 Å². The number of benzene rings is 1. The average Bonchev–Trinajstić information content (AvgIpc) is 3.05. The van der Waals surface area contributed by atoms with Crippen LogP contribution in [0.1, 0.15) is 23.3 Å². The van der Waals surface area contributed by atoms with Crippen molar-refractivity contribution in [1.29, 1.82) is 0 Å². The van der Waals surface area contributed by atoms with Gasteiger partial charge in [0.2, 0.25) is 0 Å². The summed E-state index contributed by atoms with van der Waals surface area (Å²) in [7, 11) is 1.64. The van der Waals surface area contributed by atoms with Gasteiger partial charge in [-0.1, -0.05) is 0 Å². The van der Waals surface area contributed by atoms with Crippen LogP contribution in [0, 0.1) is 0 Å². The average molecular weight is 244 g/mol. The largest absolute Gasteiger partial charge is 0.497 e. The number of nitrogens with zero attached hydrogens (tertiary/aromatic N) is 1. The van der Waals surface area contributed by atoms with Crippen LogP contribution in [0.4, 0.5) is 0 Å². The van der Waals surface area contributed by atoms with Gasteiger partial charge in [-0.05, 0) is 31.0 Å². The van der Waals surface area contributed by atoms with Crippen molar-refractivity contribution in [2.24, 2.45) is 0 Å². The maximum Gasteiger partial charge on any atom is 0.270 e. The Morgan fingerprint density at radius 3 is 2.78 bits per heavy atom. The van der Waals surface area contributed by atoms with Crippen molar-refractivity contribution in [3.05, 3.63) is 30.0 Å². The number of nitrogens with one attached hydrogen (secondary N) is 1. The number of aromatic nitrogens is 1. The zero-order chi connectivity index (χ0) is 12.5. The van der Waals surface area contributed by atoms with Crippen LogP contribution in [0.3, 0.4) is 0 Å². The molecular weight excluding hydrogens is 228 g/mol. The Balaban J connectivity index is 1.94. The maximum absolute atomic E-state index is 12.2. The van der Waals surface area contributed by atoms with Gasteiger partial charge < -0.3 is 14.6 Å². The van der Waals surface area contributed by atoms with Gasteiger partial charge in [0.1, 0.15) is 11.4 Å². The molecule has 4 nitrogen and oxygen atoms in total. The number of H-pyrrole nitrogens is 1. The van der Waals surface area contributed by atoms with Gasteiger partial charge >= 0.3 is 0 Å². The second-order valence-electron chi connectivity index (χ2n) is 4.64. The number of ether oxygens (including phenoxy) is 1. The van der Waals surface area contributed by atoms with Crippen molar-refractivity contribution in [1.82, 2.24) is 9.88 Å². The number of fused-ring (bicyclic) bond motifs is 1. The van der Waals surface area contributed by atoms with Crippen LogP contribution >= 0.6 is 0 Å². The summed E-state index contributed by atoms with van der Waals surface area (Å²) in [6.07, 6.45) is 2.22. The number of amides is 1. The van der Waals surface area contributed by atoms with Crippen molar-refractivity contribution in [3.8, 4) is 5.75 Å². The number of aromatic amines is 1. The molecule has 0 unspecified atom stereocenters. The van der Waals surface area contributed by atoms with Gasteiger partial charge in [0.05, 0.1) is 7.11 Å². The zero-order valence-electron chi connectivity index (χ0n) is 10.4. The van der Waals surface area contributed by atoms with Gasteiger partial charge in [-0.3, -0.25) is 4.79 Å². The molecule has 1 aromatic carbocycles. The highest BCUT2D eigenvalue weighted by atomic mass is 16.5. The summed E-state index contributed by atoms with van der Waals surface area (Å²) < 4.78 is 5.18. The van der Waals surface area contributed by atoms with Crippen LogP contribution < -0.4 is 4.74 Å². The molecule has 1 saturated heterocycles. The smallest absolute Gasteiger partial charge is 0.270 e. The Bertz CT molecular complexity index is 582. The minimum atomic E-state index is 0.0997. The maximum atomic E-state index is 12.2. The number of likely N-dealkylation sites (tertiary alicyclic amines) is 1. The lowest BCUT2D eigenvalue weighted by atomic mass is 10.2. The molecule has 18 heavy (non-hydrogen) atoms. The molecule has 0 spiro atoms. The van der Waals surface area contributed by atoms with Gasteiger partial charge in [0.25, 0.3) is 5.91 Å². The van der Waals surface area contributed by atoms with Crippen molar-refractivity contribution in [2.45, 2.75) is 12.8 Å². The van der Waals surface area contributed by atoms with E-state index >= 15 is 0 Å². The number of carbonyl (C=O) groups is 1. The van der Waals surface area contributed by atoms with E-state index < -0.39 is 0 Å². The van der Waals surface area contributed by atoms with Crippen LogP contribution in [0.5, 0.6) is 5.75 Å². The minimum absolute atomic E-state index is 0.0997. The van der Waals surface area contributed by atoms with E-state index in [1.807, 2.05) is 29.2 Å². The number of hydrogen-bond donors (Lipinski definition) is 1. The van der Waals surface area contributed by atoms with Crippen LogP contribution in [-0.4, -0.2) is 36.0 Å². The van der Waals surface area contributed by atoms with Gasteiger partial charge in [0.15, 0.2) is 0 Å². The first-order valence-electron chi connectivity index (χ1n) is 6.24. The fourth-order valence-corrected chi connectivity index (χ4v) is 2.44. The number of hydrogen-bond acceptors (Lipinski definition) is 2. The summed E-state index contributed by atoms with van der Waals surface area (Å²) in [6.45, 7) is 1.75. The second-order valence-corrected chi connectivity index (χ2v) is 4.64. The first-order valence-corrected chi connectivity index (χ1v) is 6.24. The summed E-state index contributed by atoms with van der Waals surface area (Å²) in [6, 6.07) is 7.69. The molecule has 2 aromatic rings. The molecule has 2 heterocycles. The normalized spacial score (nSPS) is 15.3. The molecule has 1 aliphatic heterocycles.